The van der Waals surface area contributed by atoms with Crippen molar-refractivity contribution >= 4 is 5.91 Å². The van der Waals surface area contributed by atoms with Crippen molar-refractivity contribution in [1.29, 1.82) is 0 Å². The quantitative estimate of drug-likeness (QED) is 0.859. The summed E-state index contributed by atoms with van der Waals surface area (Å²) in [6, 6.07) is 7.35. The van der Waals surface area contributed by atoms with E-state index >= 15 is 0 Å². The standard InChI is InChI=1S/C15H17N3O3/c1-20-12-6-4-11(5-7-12)15-17-16-13(21-15)10-14(19)18-8-2-3-9-18/h4-7H,2-3,8-10H2,1H3. The number of amides is 1. The second-order valence-corrected chi connectivity index (χ2v) is 4.99. The molecular formula is C15H17N3O3. The maximum Gasteiger partial charge on any atom is 0.247 e. The zero-order valence-corrected chi connectivity index (χ0v) is 11.9. The summed E-state index contributed by atoms with van der Waals surface area (Å²) in [6.07, 6.45) is 2.32. The number of nitrogens with zero attached hydrogens (tertiary/aromatic N) is 3. The molecule has 1 fully saturated rings. The molecule has 0 saturated carbocycles. The monoisotopic (exact) mass is 287 g/mol. The fourth-order valence-electron chi connectivity index (χ4n) is 2.38. The fourth-order valence-corrected chi connectivity index (χ4v) is 2.38. The summed E-state index contributed by atoms with van der Waals surface area (Å²) in [5.41, 5.74) is 0.808. The Morgan fingerprint density at radius 1 is 1.24 bits per heavy atom. The molecule has 1 aromatic carbocycles. The third kappa shape index (κ3) is 3.04. The number of hydrogen-bond donors (Lipinski definition) is 0. The zero-order chi connectivity index (χ0) is 14.7. The molecule has 1 aliphatic heterocycles. The van der Waals surface area contributed by atoms with Crippen LogP contribution in [0.15, 0.2) is 28.7 Å². The molecule has 6 nitrogen and oxygen atoms in total. The van der Waals surface area contributed by atoms with Crippen molar-refractivity contribution in [3.63, 3.8) is 0 Å². The van der Waals surface area contributed by atoms with Crippen LogP contribution in [0.25, 0.3) is 11.5 Å². The first-order valence-corrected chi connectivity index (χ1v) is 7.01. The van der Waals surface area contributed by atoms with Gasteiger partial charge in [0.15, 0.2) is 0 Å². The van der Waals surface area contributed by atoms with Gasteiger partial charge < -0.3 is 14.1 Å². The van der Waals surface area contributed by atoms with Crippen molar-refractivity contribution in [2.24, 2.45) is 0 Å². The van der Waals surface area contributed by atoms with E-state index in [2.05, 4.69) is 10.2 Å². The number of hydrogen-bond acceptors (Lipinski definition) is 5. The molecule has 0 N–H and O–H groups in total. The molecule has 1 aliphatic rings. The summed E-state index contributed by atoms with van der Waals surface area (Å²) in [5, 5.41) is 7.94. The summed E-state index contributed by atoms with van der Waals surface area (Å²) in [4.78, 5) is 13.9. The number of rotatable bonds is 4. The Bertz CT molecular complexity index is 615. The van der Waals surface area contributed by atoms with Gasteiger partial charge in [0.05, 0.1) is 7.11 Å². The van der Waals surface area contributed by atoms with Crippen molar-refractivity contribution in [3.8, 4) is 17.2 Å². The summed E-state index contributed by atoms with van der Waals surface area (Å²) in [7, 11) is 1.61. The minimum absolute atomic E-state index is 0.0532. The Morgan fingerprint density at radius 3 is 2.62 bits per heavy atom. The highest BCUT2D eigenvalue weighted by atomic mass is 16.5. The van der Waals surface area contributed by atoms with Gasteiger partial charge in [0, 0.05) is 18.7 Å². The molecule has 1 aromatic heterocycles. The molecule has 3 rings (SSSR count). The van der Waals surface area contributed by atoms with E-state index in [1.165, 1.54) is 0 Å². The van der Waals surface area contributed by atoms with Crippen molar-refractivity contribution < 1.29 is 13.9 Å². The molecular weight excluding hydrogens is 270 g/mol. The first kappa shape index (κ1) is 13.6. The molecule has 1 amide bonds. The van der Waals surface area contributed by atoms with E-state index in [4.69, 9.17) is 9.15 Å². The van der Waals surface area contributed by atoms with Crippen LogP contribution >= 0.6 is 0 Å². The molecule has 2 aromatic rings. The van der Waals surface area contributed by atoms with Gasteiger partial charge >= 0.3 is 0 Å². The SMILES string of the molecule is COc1ccc(-c2nnc(CC(=O)N3CCCC3)o2)cc1. The fraction of sp³-hybridized carbons (Fsp3) is 0.400. The lowest BCUT2D eigenvalue weighted by Crippen LogP contribution is -2.29. The summed E-state index contributed by atoms with van der Waals surface area (Å²) in [5.74, 6) is 1.60. The van der Waals surface area contributed by atoms with Gasteiger partial charge in [-0.25, -0.2) is 0 Å². The van der Waals surface area contributed by atoms with Crippen LogP contribution in [0.4, 0.5) is 0 Å². The highest BCUT2D eigenvalue weighted by Gasteiger charge is 2.20. The molecule has 0 spiro atoms. The second-order valence-electron chi connectivity index (χ2n) is 4.99. The number of aromatic nitrogens is 2. The maximum absolute atomic E-state index is 12.0. The van der Waals surface area contributed by atoms with E-state index in [0.717, 1.165) is 37.2 Å². The molecule has 6 heteroatoms. The van der Waals surface area contributed by atoms with Crippen LogP contribution in [-0.2, 0) is 11.2 Å². The Kier molecular flexibility index (Phi) is 3.85. The molecule has 2 heterocycles. The predicted octanol–water partition coefficient (Wildman–Crippen LogP) is 1.91. The van der Waals surface area contributed by atoms with Gasteiger partial charge in [-0.1, -0.05) is 0 Å². The summed E-state index contributed by atoms with van der Waals surface area (Å²) < 4.78 is 10.7. The first-order valence-electron chi connectivity index (χ1n) is 7.01. The minimum Gasteiger partial charge on any atom is -0.497 e. The van der Waals surface area contributed by atoms with Gasteiger partial charge in [-0.15, -0.1) is 10.2 Å². The van der Waals surface area contributed by atoms with Crippen LogP contribution in [0, 0.1) is 0 Å². The molecule has 110 valence electrons. The van der Waals surface area contributed by atoms with E-state index in [0.29, 0.717) is 11.8 Å². The van der Waals surface area contributed by atoms with Crippen LogP contribution in [-0.4, -0.2) is 41.2 Å². The molecule has 0 aliphatic carbocycles. The van der Waals surface area contributed by atoms with Crippen molar-refractivity contribution in [2.45, 2.75) is 19.3 Å². The highest BCUT2D eigenvalue weighted by Crippen LogP contribution is 2.21. The minimum atomic E-state index is 0.0532. The second kappa shape index (κ2) is 5.95. The van der Waals surface area contributed by atoms with Crippen LogP contribution in [0.1, 0.15) is 18.7 Å². The highest BCUT2D eigenvalue weighted by molar-refractivity contribution is 5.78. The van der Waals surface area contributed by atoms with E-state index < -0.39 is 0 Å². The number of benzene rings is 1. The number of likely N-dealkylation sites (tertiary alicyclic amines) is 1. The number of carbonyl (C=O) groups excluding carboxylic acids is 1. The Balaban J connectivity index is 1.68. The zero-order valence-electron chi connectivity index (χ0n) is 11.9. The molecule has 21 heavy (non-hydrogen) atoms. The maximum atomic E-state index is 12.0. The first-order chi connectivity index (χ1) is 10.3. The van der Waals surface area contributed by atoms with Gasteiger partial charge in [0.2, 0.25) is 17.7 Å². The molecule has 1 saturated heterocycles. The van der Waals surface area contributed by atoms with Gasteiger partial charge in [-0.3, -0.25) is 4.79 Å². The Hall–Kier alpha value is -2.37. The average Bonchev–Trinajstić information content (AvgIpc) is 3.19. The normalized spacial score (nSPS) is 14.4. The largest absolute Gasteiger partial charge is 0.497 e. The van der Waals surface area contributed by atoms with Crippen LogP contribution in [0.2, 0.25) is 0 Å². The Labute approximate surface area is 122 Å². The number of ether oxygens (including phenoxy) is 1. The van der Waals surface area contributed by atoms with Crippen molar-refractivity contribution in [3.05, 3.63) is 30.2 Å². The van der Waals surface area contributed by atoms with Gasteiger partial charge in [0.25, 0.3) is 0 Å². The van der Waals surface area contributed by atoms with Crippen LogP contribution in [0.5, 0.6) is 5.75 Å². The molecule has 0 unspecified atom stereocenters. The molecule has 0 radical (unpaired) electrons. The summed E-state index contributed by atoms with van der Waals surface area (Å²) >= 11 is 0. The smallest absolute Gasteiger partial charge is 0.247 e. The third-order valence-electron chi connectivity index (χ3n) is 3.57. The van der Waals surface area contributed by atoms with Gasteiger partial charge in [0.1, 0.15) is 12.2 Å². The topological polar surface area (TPSA) is 68.5 Å². The predicted molar refractivity (Wildman–Crippen MR) is 75.8 cm³/mol. The van der Waals surface area contributed by atoms with Gasteiger partial charge in [-0.2, -0.15) is 0 Å². The average molecular weight is 287 g/mol. The van der Waals surface area contributed by atoms with E-state index in [1.807, 2.05) is 29.2 Å². The van der Waals surface area contributed by atoms with Crippen LogP contribution < -0.4 is 4.74 Å². The van der Waals surface area contributed by atoms with Crippen LogP contribution in [0.3, 0.4) is 0 Å². The number of carbonyl (C=O) groups is 1. The van der Waals surface area contributed by atoms with Gasteiger partial charge in [-0.05, 0) is 37.1 Å². The number of methoxy groups -OCH3 is 1. The third-order valence-corrected chi connectivity index (χ3v) is 3.57. The van der Waals surface area contributed by atoms with E-state index in [9.17, 15) is 4.79 Å². The summed E-state index contributed by atoms with van der Waals surface area (Å²) in [6.45, 7) is 1.66. The molecule has 0 atom stereocenters. The van der Waals surface area contributed by atoms with E-state index in [-0.39, 0.29) is 12.3 Å². The molecule has 0 bridgehead atoms. The lowest BCUT2D eigenvalue weighted by Gasteiger charge is -2.13. The van der Waals surface area contributed by atoms with E-state index in [1.54, 1.807) is 7.11 Å². The Morgan fingerprint density at radius 2 is 1.95 bits per heavy atom. The lowest BCUT2D eigenvalue weighted by molar-refractivity contribution is -0.129. The lowest BCUT2D eigenvalue weighted by atomic mass is 10.2. The van der Waals surface area contributed by atoms with Crippen molar-refractivity contribution in [2.75, 3.05) is 20.2 Å². The van der Waals surface area contributed by atoms with Crippen molar-refractivity contribution in [1.82, 2.24) is 15.1 Å².